The Morgan fingerprint density at radius 2 is 2.11 bits per heavy atom. The Morgan fingerprint density at radius 3 is 2.61 bits per heavy atom. The highest BCUT2D eigenvalue weighted by Crippen LogP contribution is 2.37. The third kappa shape index (κ3) is 2.75. The minimum Gasteiger partial charge on any atom is -0.481 e. The summed E-state index contributed by atoms with van der Waals surface area (Å²) >= 11 is 4.73. The SMILES string of the molecule is O=C(NCC1(C(=O)O)CCCC1)c1csc(Br)c1. The molecule has 0 aliphatic heterocycles. The molecule has 1 fully saturated rings. The molecule has 0 saturated heterocycles. The molecule has 1 aromatic heterocycles. The maximum Gasteiger partial charge on any atom is 0.311 e. The lowest BCUT2D eigenvalue weighted by Crippen LogP contribution is -2.41. The predicted molar refractivity (Wildman–Crippen MR) is 72.9 cm³/mol. The van der Waals surface area contributed by atoms with Gasteiger partial charge in [0.1, 0.15) is 0 Å². The maximum absolute atomic E-state index is 11.9. The number of hydrogen-bond acceptors (Lipinski definition) is 3. The van der Waals surface area contributed by atoms with Gasteiger partial charge in [-0.15, -0.1) is 11.3 Å². The highest BCUT2D eigenvalue weighted by Gasteiger charge is 2.41. The van der Waals surface area contributed by atoms with Gasteiger partial charge in [-0.25, -0.2) is 0 Å². The van der Waals surface area contributed by atoms with Crippen LogP contribution in [0.4, 0.5) is 0 Å². The number of aliphatic carboxylic acids is 1. The van der Waals surface area contributed by atoms with Crippen LogP contribution in [0.25, 0.3) is 0 Å². The van der Waals surface area contributed by atoms with Crippen molar-refractivity contribution in [3.63, 3.8) is 0 Å². The van der Waals surface area contributed by atoms with E-state index in [9.17, 15) is 14.7 Å². The average molecular weight is 332 g/mol. The van der Waals surface area contributed by atoms with Crippen LogP contribution in [0.3, 0.4) is 0 Å². The zero-order valence-corrected chi connectivity index (χ0v) is 12.1. The second-order valence-corrected chi connectivity index (χ2v) is 6.91. The summed E-state index contributed by atoms with van der Waals surface area (Å²) in [5.74, 6) is -1.00. The number of hydrogen-bond donors (Lipinski definition) is 2. The number of carboxylic acid groups (broad SMARTS) is 1. The molecule has 1 amide bonds. The van der Waals surface area contributed by atoms with Crippen LogP contribution in [0, 0.1) is 5.41 Å². The Kier molecular flexibility index (Phi) is 4.07. The van der Waals surface area contributed by atoms with E-state index >= 15 is 0 Å². The number of rotatable bonds is 4. The van der Waals surface area contributed by atoms with E-state index < -0.39 is 11.4 Å². The highest BCUT2D eigenvalue weighted by molar-refractivity contribution is 9.11. The standard InChI is InChI=1S/C12H14BrNO3S/c13-9-5-8(6-18-9)10(15)14-7-12(11(16)17)3-1-2-4-12/h5-6H,1-4,7H2,(H,14,15)(H,16,17). The third-order valence-corrected chi connectivity index (χ3v) is 4.94. The molecule has 18 heavy (non-hydrogen) atoms. The Bertz CT molecular complexity index is 466. The summed E-state index contributed by atoms with van der Waals surface area (Å²) in [6.45, 7) is 0.217. The molecule has 0 unspecified atom stereocenters. The van der Waals surface area contributed by atoms with Crippen LogP contribution in [0.1, 0.15) is 36.0 Å². The zero-order valence-electron chi connectivity index (χ0n) is 9.74. The van der Waals surface area contributed by atoms with Crippen molar-refractivity contribution in [3.8, 4) is 0 Å². The van der Waals surface area contributed by atoms with Crippen molar-refractivity contribution in [1.29, 1.82) is 0 Å². The van der Waals surface area contributed by atoms with E-state index in [4.69, 9.17) is 0 Å². The first-order valence-corrected chi connectivity index (χ1v) is 7.46. The van der Waals surface area contributed by atoms with Gasteiger partial charge in [0.2, 0.25) is 0 Å². The number of carboxylic acids is 1. The first-order valence-electron chi connectivity index (χ1n) is 5.79. The van der Waals surface area contributed by atoms with E-state index in [0.717, 1.165) is 16.6 Å². The van der Waals surface area contributed by atoms with Crippen molar-refractivity contribution >= 4 is 39.1 Å². The largest absolute Gasteiger partial charge is 0.481 e. The Hall–Kier alpha value is -0.880. The average Bonchev–Trinajstić information content (AvgIpc) is 2.95. The van der Waals surface area contributed by atoms with Crippen LogP contribution < -0.4 is 5.32 Å². The van der Waals surface area contributed by atoms with Gasteiger partial charge in [-0.1, -0.05) is 12.8 Å². The van der Waals surface area contributed by atoms with Gasteiger partial charge >= 0.3 is 5.97 Å². The van der Waals surface area contributed by atoms with E-state index in [1.807, 2.05) is 0 Å². The second kappa shape index (κ2) is 5.40. The van der Waals surface area contributed by atoms with Crippen molar-refractivity contribution < 1.29 is 14.7 Å². The van der Waals surface area contributed by atoms with Gasteiger partial charge in [-0.05, 0) is 34.8 Å². The monoisotopic (exact) mass is 331 g/mol. The van der Waals surface area contributed by atoms with Crippen LogP contribution in [-0.2, 0) is 4.79 Å². The van der Waals surface area contributed by atoms with Gasteiger partial charge in [0.05, 0.1) is 14.8 Å². The maximum atomic E-state index is 11.9. The van der Waals surface area contributed by atoms with Crippen LogP contribution in [0.2, 0.25) is 0 Å². The summed E-state index contributed by atoms with van der Waals surface area (Å²) in [6.07, 6.45) is 3.14. The van der Waals surface area contributed by atoms with Crippen molar-refractivity contribution in [2.75, 3.05) is 6.54 Å². The van der Waals surface area contributed by atoms with Crippen LogP contribution >= 0.6 is 27.3 Å². The summed E-state index contributed by atoms with van der Waals surface area (Å²) in [6, 6.07) is 1.74. The van der Waals surface area contributed by atoms with Crippen molar-refractivity contribution in [2.45, 2.75) is 25.7 Å². The molecule has 1 saturated carbocycles. The molecule has 98 valence electrons. The van der Waals surface area contributed by atoms with Crippen LogP contribution in [0.5, 0.6) is 0 Å². The van der Waals surface area contributed by atoms with E-state index in [1.165, 1.54) is 11.3 Å². The molecule has 0 aromatic carbocycles. The van der Waals surface area contributed by atoms with Gasteiger partial charge in [-0.2, -0.15) is 0 Å². The molecule has 4 nitrogen and oxygen atoms in total. The summed E-state index contributed by atoms with van der Waals surface area (Å²) in [5.41, 5.74) is -0.187. The first kappa shape index (κ1) is 13.5. The van der Waals surface area contributed by atoms with E-state index in [0.29, 0.717) is 18.4 Å². The molecular weight excluding hydrogens is 318 g/mol. The number of carbonyl (C=O) groups is 2. The van der Waals surface area contributed by atoms with E-state index in [2.05, 4.69) is 21.2 Å². The minimum absolute atomic E-state index is 0.204. The van der Waals surface area contributed by atoms with Crippen LogP contribution in [-0.4, -0.2) is 23.5 Å². The molecular formula is C12H14BrNO3S. The fourth-order valence-corrected chi connectivity index (χ4v) is 3.44. The normalized spacial score (nSPS) is 17.6. The second-order valence-electron chi connectivity index (χ2n) is 4.61. The summed E-state index contributed by atoms with van der Waals surface area (Å²) < 4.78 is 0.890. The molecule has 1 aromatic rings. The molecule has 2 N–H and O–H groups in total. The summed E-state index contributed by atoms with van der Waals surface area (Å²) in [5, 5.41) is 13.8. The van der Waals surface area contributed by atoms with Gasteiger partial charge < -0.3 is 10.4 Å². The summed E-state index contributed by atoms with van der Waals surface area (Å²) in [4.78, 5) is 23.2. The quantitative estimate of drug-likeness (QED) is 0.891. The van der Waals surface area contributed by atoms with E-state index in [1.54, 1.807) is 11.4 Å². The fourth-order valence-electron chi connectivity index (χ4n) is 2.30. The van der Waals surface area contributed by atoms with Crippen molar-refractivity contribution in [2.24, 2.45) is 5.41 Å². The van der Waals surface area contributed by atoms with Gasteiger partial charge in [0.15, 0.2) is 0 Å². The van der Waals surface area contributed by atoms with Gasteiger partial charge in [-0.3, -0.25) is 9.59 Å². The van der Waals surface area contributed by atoms with E-state index in [-0.39, 0.29) is 12.5 Å². The molecule has 1 aliphatic rings. The predicted octanol–water partition coefficient (Wildman–Crippen LogP) is 2.89. The first-order chi connectivity index (χ1) is 8.53. The van der Waals surface area contributed by atoms with Gasteiger partial charge in [0.25, 0.3) is 5.91 Å². The Balaban J connectivity index is 1.98. The van der Waals surface area contributed by atoms with Crippen LogP contribution in [0.15, 0.2) is 15.2 Å². The fraction of sp³-hybridized carbons (Fsp3) is 0.500. The smallest absolute Gasteiger partial charge is 0.311 e. The topological polar surface area (TPSA) is 66.4 Å². The Labute approximate surface area is 118 Å². The molecule has 2 rings (SSSR count). The third-order valence-electron chi connectivity index (χ3n) is 3.43. The highest BCUT2D eigenvalue weighted by atomic mass is 79.9. The minimum atomic E-state index is -0.799. The lowest BCUT2D eigenvalue weighted by Gasteiger charge is -2.23. The number of halogens is 1. The lowest BCUT2D eigenvalue weighted by molar-refractivity contribution is -0.148. The molecule has 1 heterocycles. The number of carbonyl (C=O) groups excluding carboxylic acids is 1. The molecule has 1 aliphatic carbocycles. The molecule has 0 spiro atoms. The summed E-state index contributed by atoms with van der Waals surface area (Å²) in [7, 11) is 0. The molecule has 0 bridgehead atoms. The molecule has 0 radical (unpaired) electrons. The lowest BCUT2D eigenvalue weighted by atomic mass is 9.86. The Morgan fingerprint density at radius 1 is 1.44 bits per heavy atom. The number of nitrogens with one attached hydrogen (secondary N) is 1. The number of amides is 1. The number of thiophene rings is 1. The molecule has 6 heteroatoms. The van der Waals surface area contributed by atoms with Crippen molar-refractivity contribution in [1.82, 2.24) is 5.32 Å². The van der Waals surface area contributed by atoms with Crippen molar-refractivity contribution in [3.05, 3.63) is 20.8 Å². The van der Waals surface area contributed by atoms with Gasteiger partial charge in [0, 0.05) is 11.9 Å². The zero-order chi connectivity index (χ0) is 13.2. The molecule has 0 atom stereocenters.